The van der Waals surface area contributed by atoms with Gasteiger partial charge in [0.05, 0.1) is 18.7 Å². The van der Waals surface area contributed by atoms with Crippen LogP contribution in [0.5, 0.6) is 0 Å². The third kappa shape index (κ3) is 7.97. The Morgan fingerprint density at radius 3 is 1.95 bits per heavy atom. The number of hydrogen-bond acceptors (Lipinski definition) is 7. The van der Waals surface area contributed by atoms with E-state index < -0.39 is 31.9 Å². The van der Waals surface area contributed by atoms with Crippen LogP contribution < -0.4 is 10.4 Å². The van der Waals surface area contributed by atoms with Gasteiger partial charge < -0.3 is 19.0 Å². The minimum absolute atomic E-state index is 0.0324. The predicted octanol–water partition coefficient (Wildman–Crippen LogP) is 5.17. The fourth-order valence-corrected chi connectivity index (χ4v) is 9.65. The third-order valence-corrected chi connectivity index (χ3v) is 12.4. The highest BCUT2D eigenvalue weighted by Gasteiger charge is 2.50. The predicted molar refractivity (Wildman–Crippen MR) is 162 cm³/mol. The molecular weight excluding hydrogens is 542 g/mol. The molecule has 0 spiro atoms. The Bertz CT molecular complexity index is 1200. The number of aliphatic hydroxyl groups is 1. The second-order valence-electron chi connectivity index (χ2n) is 10.3. The first-order valence-electron chi connectivity index (χ1n) is 13.1. The highest BCUT2D eigenvalue weighted by atomic mass is 32.2. The van der Waals surface area contributed by atoms with Crippen molar-refractivity contribution in [2.45, 2.75) is 43.5 Å². The summed E-state index contributed by atoms with van der Waals surface area (Å²) in [5.74, 6) is -0.540. The number of carbonyl (C=O) groups is 1. The molecule has 3 aromatic rings. The van der Waals surface area contributed by atoms with E-state index >= 15 is 0 Å². The third-order valence-electron chi connectivity index (χ3n) is 6.59. The van der Waals surface area contributed by atoms with Gasteiger partial charge in [-0.3, -0.25) is 0 Å². The van der Waals surface area contributed by atoms with Gasteiger partial charge in [-0.05, 0) is 39.3 Å². The van der Waals surface area contributed by atoms with Crippen LogP contribution in [-0.4, -0.2) is 63.1 Å². The first kappa shape index (κ1) is 31.4. The number of ether oxygens (including phenoxy) is 2. The second-order valence-corrected chi connectivity index (χ2v) is 15.6. The molecular formula is C30H37N3O5SSi. The number of rotatable bonds is 14. The van der Waals surface area contributed by atoms with Crippen molar-refractivity contribution >= 4 is 36.4 Å². The van der Waals surface area contributed by atoms with Gasteiger partial charge in [0.15, 0.2) is 0 Å². The molecule has 0 radical (unpaired) electrons. The molecule has 0 amide bonds. The van der Waals surface area contributed by atoms with Crippen LogP contribution in [-0.2, 0) is 13.9 Å². The van der Waals surface area contributed by atoms with E-state index in [1.165, 1.54) is 11.8 Å². The molecule has 0 fully saturated rings. The maximum Gasteiger partial charge on any atom is 0.338 e. The number of aliphatic hydroxyl groups excluding tert-OH is 1. The number of benzene rings is 3. The van der Waals surface area contributed by atoms with Crippen LogP contribution in [0.3, 0.4) is 0 Å². The zero-order chi connectivity index (χ0) is 29.0. The molecule has 0 aliphatic rings. The zero-order valence-corrected chi connectivity index (χ0v) is 25.2. The molecule has 1 unspecified atom stereocenters. The lowest BCUT2D eigenvalue weighted by molar-refractivity contribution is -0.0858. The van der Waals surface area contributed by atoms with E-state index in [2.05, 4.69) is 55.1 Å². The van der Waals surface area contributed by atoms with Crippen molar-refractivity contribution in [2.75, 3.05) is 26.0 Å². The zero-order valence-electron chi connectivity index (χ0n) is 23.3. The van der Waals surface area contributed by atoms with E-state index in [0.717, 1.165) is 10.4 Å². The lowest BCUT2D eigenvalue weighted by Gasteiger charge is -2.44. The number of azide groups is 1. The van der Waals surface area contributed by atoms with E-state index in [-0.39, 0.29) is 24.8 Å². The number of thioether (sulfide) groups is 1. The average molecular weight is 580 g/mol. The Balaban J connectivity index is 1.93. The Morgan fingerprint density at radius 1 is 0.950 bits per heavy atom. The lowest BCUT2D eigenvalue weighted by atomic mass is 10.2. The Hall–Kier alpha value is -3.11. The molecule has 3 atom stereocenters. The van der Waals surface area contributed by atoms with Crippen molar-refractivity contribution < 1.29 is 23.8 Å². The van der Waals surface area contributed by atoms with Crippen LogP contribution in [0, 0.1) is 0 Å². The van der Waals surface area contributed by atoms with Gasteiger partial charge in [0.1, 0.15) is 24.3 Å². The molecule has 0 aliphatic heterocycles. The van der Waals surface area contributed by atoms with Gasteiger partial charge in [0, 0.05) is 4.91 Å². The van der Waals surface area contributed by atoms with Crippen LogP contribution in [0.4, 0.5) is 0 Å². The van der Waals surface area contributed by atoms with Crippen molar-refractivity contribution in [1.29, 1.82) is 0 Å². The molecule has 8 nitrogen and oxygen atoms in total. The summed E-state index contributed by atoms with van der Waals surface area (Å²) in [7, 11) is -2.93. The highest BCUT2D eigenvalue weighted by Crippen LogP contribution is 2.37. The topological polar surface area (TPSA) is 114 Å². The number of nitrogens with zero attached hydrogens (tertiary/aromatic N) is 3. The number of esters is 1. The van der Waals surface area contributed by atoms with E-state index in [1.807, 2.05) is 48.7 Å². The van der Waals surface area contributed by atoms with Crippen molar-refractivity contribution in [3.05, 3.63) is 107 Å². The number of carbonyl (C=O) groups excluding carboxylic acids is 1. The largest absolute Gasteiger partial charge is 0.459 e. The lowest BCUT2D eigenvalue weighted by Crippen LogP contribution is -2.67. The summed E-state index contributed by atoms with van der Waals surface area (Å²) >= 11 is 1.36. The summed E-state index contributed by atoms with van der Waals surface area (Å²) in [6, 6.07) is 28.9. The van der Waals surface area contributed by atoms with E-state index in [4.69, 9.17) is 19.4 Å². The molecule has 0 heterocycles. The van der Waals surface area contributed by atoms with Gasteiger partial charge in [-0.25, -0.2) is 4.79 Å². The Kier molecular flexibility index (Phi) is 11.8. The van der Waals surface area contributed by atoms with Gasteiger partial charge in [-0.2, -0.15) is 0 Å². The van der Waals surface area contributed by atoms with Crippen molar-refractivity contribution in [2.24, 2.45) is 5.11 Å². The summed E-state index contributed by atoms with van der Waals surface area (Å²) < 4.78 is 18.7. The van der Waals surface area contributed by atoms with Gasteiger partial charge in [0.2, 0.25) is 0 Å². The fraction of sp³-hybridized carbons (Fsp3) is 0.367. The number of hydrogen-bond donors (Lipinski definition) is 1. The summed E-state index contributed by atoms with van der Waals surface area (Å²) in [5.41, 5.74) is 8.69. The molecule has 1 N–H and O–H groups in total. The maximum atomic E-state index is 12.6. The van der Waals surface area contributed by atoms with Crippen LogP contribution in [0.1, 0.15) is 31.1 Å². The molecule has 0 saturated heterocycles. The molecule has 0 bridgehead atoms. The summed E-state index contributed by atoms with van der Waals surface area (Å²) in [5, 5.41) is 16.8. The van der Waals surface area contributed by atoms with Crippen LogP contribution >= 0.6 is 11.8 Å². The van der Waals surface area contributed by atoms with Gasteiger partial charge >= 0.3 is 5.97 Å². The molecule has 0 aromatic heterocycles. The second kappa shape index (κ2) is 15.0. The summed E-state index contributed by atoms with van der Waals surface area (Å²) in [6.07, 6.45) is -0.220. The highest BCUT2D eigenvalue weighted by molar-refractivity contribution is 7.99. The molecule has 212 valence electrons. The Labute approximate surface area is 241 Å². The van der Waals surface area contributed by atoms with Crippen LogP contribution in [0.15, 0.2) is 96.1 Å². The first-order chi connectivity index (χ1) is 19.2. The molecule has 3 aromatic carbocycles. The first-order valence-corrected chi connectivity index (χ1v) is 16.3. The maximum absolute atomic E-state index is 12.6. The van der Waals surface area contributed by atoms with E-state index in [0.29, 0.717) is 5.56 Å². The minimum atomic E-state index is -2.93. The quantitative estimate of drug-likeness (QED) is 0.0704. The Morgan fingerprint density at radius 2 is 1.48 bits per heavy atom. The van der Waals surface area contributed by atoms with E-state index in [9.17, 15) is 9.90 Å². The van der Waals surface area contributed by atoms with Crippen LogP contribution in [0.25, 0.3) is 10.4 Å². The standard InChI is InChI=1S/C30H37N3O5SSi/c1-30(2,3)40(24-16-10-6-11-17-24,25-18-12-7-13-19-25)37-22-27(38-28(39-4)20-32-33-31)26(34)21-36-29(35)23-14-8-5-9-15-23/h5-19,26-28,34H,20-22H2,1-4H3/t26-,27?,28-/m0/s1. The van der Waals surface area contributed by atoms with Gasteiger partial charge in [0.25, 0.3) is 8.32 Å². The van der Waals surface area contributed by atoms with Gasteiger partial charge in [-0.1, -0.05) is 105 Å². The van der Waals surface area contributed by atoms with Crippen molar-refractivity contribution in [1.82, 2.24) is 0 Å². The normalized spacial score (nSPS) is 14.0. The monoisotopic (exact) mass is 579 g/mol. The van der Waals surface area contributed by atoms with Crippen molar-refractivity contribution in [3.63, 3.8) is 0 Å². The van der Waals surface area contributed by atoms with Gasteiger partial charge in [-0.15, -0.1) is 11.8 Å². The molecule has 0 aliphatic carbocycles. The molecule has 0 saturated carbocycles. The fourth-order valence-electron chi connectivity index (χ4n) is 4.61. The SMILES string of the molecule is CS[C@@H](CN=[N+]=[N-])OC(CO[Si](c1ccccc1)(c1ccccc1)C(C)(C)C)[C@@H](O)COC(=O)c1ccccc1. The molecule has 10 heteroatoms. The summed E-state index contributed by atoms with van der Waals surface area (Å²) in [6.45, 7) is 6.32. The van der Waals surface area contributed by atoms with Crippen LogP contribution in [0.2, 0.25) is 5.04 Å². The minimum Gasteiger partial charge on any atom is -0.459 e. The smallest absolute Gasteiger partial charge is 0.338 e. The van der Waals surface area contributed by atoms with Crippen molar-refractivity contribution in [3.8, 4) is 0 Å². The average Bonchev–Trinajstić information content (AvgIpc) is 2.98. The molecule has 3 rings (SSSR count). The van der Waals surface area contributed by atoms with E-state index in [1.54, 1.807) is 24.3 Å². The summed E-state index contributed by atoms with van der Waals surface area (Å²) in [4.78, 5) is 15.4. The molecule has 40 heavy (non-hydrogen) atoms.